The maximum atomic E-state index is 12.6. The van der Waals surface area contributed by atoms with Crippen LogP contribution in [0.4, 0.5) is 5.69 Å². The molecule has 8 heteroatoms. The van der Waals surface area contributed by atoms with E-state index >= 15 is 0 Å². The standard InChI is InChI=1S/C23H32N2O5S/c1-5-7-19-8-12-22(13-9-19)30-17-16-24-23(26)18(3)25(31(4,27)28)20-10-14-21(15-11-20)29-6-2/h8-15,18H,5-7,16-17H2,1-4H3,(H,24,26)/t18-/m0/s1. The molecule has 1 amide bonds. The Bertz CT molecular complexity index is 927. The maximum Gasteiger partial charge on any atom is 0.243 e. The third kappa shape index (κ3) is 7.47. The molecule has 0 aromatic heterocycles. The van der Waals surface area contributed by atoms with E-state index in [-0.39, 0.29) is 13.2 Å². The van der Waals surface area contributed by atoms with Crippen molar-refractivity contribution in [3.63, 3.8) is 0 Å². The third-order valence-electron chi connectivity index (χ3n) is 4.62. The summed E-state index contributed by atoms with van der Waals surface area (Å²) in [5.74, 6) is 0.965. The first-order valence-electron chi connectivity index (χ1n) is 10.5. The highest BCUT2D eigenvalue weighted by Crippen LogP contribution is 2.24. The minimum atomic E-state index is -3.67. The van der Waals surface area contributed by atoms with Gasteiger partial charge in [0.15, 0.2) is 0 Å². The van der Waals surface area contributed by atoms with Crippen molar-refractivity contribution < 1.29 is 22.7 Å². The molecule has 0 aliphatic heterocycles. The van der Waals surface area contributed by atoms with Crippen molar-refractivity contribution in [2.75, 3.05) is 30.3 Å². The number of nitrogens with zero attached hydrogens (tertiary/aromatic N) is 1. The molecule has 0 heterocycles. The van der Waals surface area contributed by atoms with Gasteiger partial charge in [0, 0.05) is 0 Å². The van der Waals surface area contributed by atoms with Gasteiger partial charge in [0.1, 0.15) is 24.1 Å². The van der Waals surface area contributed by atoms with Gasteiger partial charge in [-0.05, 0) is 62.2 Å². The number of anilines is 1. The van der Waals surface area contributed by atoms with Gasteiger partial charge in [-0.15, -0.1) is 0 Å². The molecular formula is C23H32N2O5S. The second kappa shape index (κ2) is 11.6. The van der Waals surface area contributed by atoms with E-state index < -0.39 is 22.0 Å². The topological polar surface area (TPSA) is 84.9 Å². The van der Waals surface area contributed by atoms with Crippen molar-refractivity contribution >= 4 is 21.6 Å². The summed E-state index contributed by atoms with van der Waals surface area (Å²) in [6, 6.07) is 13.6. The highest BCUT2D eigenvalue weighted by atomic mass is 32.2. The van der Waals surface area contributed by atoms with Crippen LogP contribution in [0.25, 0.3) is 0 Å². The lowest BCUT2D eigenvalue weighted by molar-refractivity contribution is -0.121. The van der Waals surface area contributed by atoms with Gasteiger partial charge in [0.25, 0.3) is 0 Å². The minimum Gasteiger partial charge on any atom is -0.494 e. The number of aryl methyl sites for hydroxylation is 1. The fourth-order valence-corrected chi connectivity index (χ4v) is 4.37. The van der Waals surface area contributed by atoms with E-state index in [2.05, 4.69) is 12.2 Å². The molecule has 0 aliphatic rings. The summed E-state index contributed by atoms with van der Waals surface area (Å²) in [4.78, 5) is 12.6. The monoisotopic (exact) mass is 448 g/mol. The molecule has 0 saturated heterocycles. The lowest BCUT2D eigenvalue weighted by Crippen LogP contribution is -2.48. The number of benzene rings is 2. The second-order valence-electron chi connectivity index (χ2n) is 7.20. The zero-order valence-corrected chi connectivity index (χ0v) is 19.4. The van der Waals surface area contributed by atoms with E-state index in [4.69, 9.17) is 9.47 Å². The fraction of sp³-hybridized carbons (Fsp3) is 0.435. The predicted molar refractivity (Wildman–Crippen MR) is 123 cm³/mol. The van der Waals surface area contributed by atoms with Crippen LogP contribution in [0.5, 0.6) is 11.5 Å². The van der Waals surface area contributed by atoms with Crippen LogP contribution in [0.2, 0.25) is 0 Å². The lowest BCUT2D eigenvalue weighted by Gasteiger charge is -2.28. The Hall–Kier alpha value is -2.74. The first kappa shape index (κ1) is 24.5. The summed E-state index contributed by atoms with van der Waals surface area (Å²) in [6.45, 7) is 6.62. The van der Waals surface area contributed by atoms with Crippen LogP contribution in [0, 0.1) is 0 Å². The van der Waals surface area contributed by atoms with E-state index in [0.29, 0.717) is 18.0 Å². The van der Waals surface area contributed by atoms with Crippen LogP contribution in [-0.2, 0) is 21.2 Å². The number of rotatable bonds is 12. The van der Waals surface area contributed by atoms with Gasteiger partial charge in [-0.2, -0.15) is 0 Å². The first-order chi connectivity index (χ1) is 14.8. The van der Waals surface area contributed by atoms with Crippen LogP contribution in [-0.4, -0.2) is 46.4 Å². The average molecular weight is 449 g/mol. The maximum absolute atomic E-state index is 12.6. The van der Waals surface area contributed by atoms with Gasteiger partial charge >= 0.3 is 0 Å². The van der Waals surface area contributed by atoms with Crippen LogP contribution >= 0.6 is 0 Å². The first-order valence-corrected chi connectivity index (χ1v) is 12.3. The quantitative estimate of drug-likeness (QED) is 0.503. The molecule has 2 aromatic carbocycles. The fourth-order valence-electron chi connectivity index (χ4n) is 3.20. The van der Waals surface area contributed by atoms with E-state index in [1.165, 1.54) is 5.56 Å². The number of sulfonamides is 1. The van der Waals surface area contributed by atoms with Crippen molar-refractivity contribution in [1.82, 2.24) is 5.32 Å². The van der Waals surface area contributed by atoms with Crippen molar-refractivity contribution in [2.24, 2.45) is 0 Å². The molecule has 0 radical (unpaired) electrons. The normalized spacial score (nSPS) is 12.1. The third-order valence-corrected chi connectivity index (χ3v) is 5.86. The Balaban J connectivity index is 1.93. The van der Waals surface area contributed by atoms with Gasteiger partial charge in [-0.1, -0.05) is 25.5 Å². The van der Waals surface area contributed by atoms with Crippen LogP contribution < -0.4 is 19.1 Å². The molecule has 2 rings (SSSR count). The molecule has 7 nitrogen and oxygen atoms in total. The zero-order chi connectivity index (χ0) is 22.9. The minimum absolute atomic E-state index is 0.265. The molecule has 31 heavy (non-hydrogen) atoms. The molecule has 170 valence electrons. The number of carbonyl (C=O) groups is 1. The summed E-state index contributed by atoms with van der Waals surface area (Å²) in [5, 5.41) is 2.74. The number of hydrogen-bond donors (Lipinski definition) is 1. The second-order valence-corrected chi connectivity index (χ2v) is 9.05. The van der Waals surface area contributed by atoms with Crippen LogP contribution in [0.15, 0.2) is 48.5 Å². The Morgan fingerprint density at radius 3 is 2.13 bits per heavy atom. The predicted octanol–water partition coefficient (Wildman–Crippen LogP) is 3.39. The van der Waals surface area contributed by atoms with Crippen LogP contribution in [0.3, 0.4) is 0 Å². The number of hydrogen-bond acceptors (Lipinski definition) is 5. The van der Waals surface area contributed by atoms with Crippen LogP contribution in [0.1, 0.15) is 32.8 Å². The molecule has 0 saturated carbocycles. The summed E-state index contributed by atoms with van der Waals surface area (Å²) < 4.78 is 36.9. The molecule has 0 fully saturated rings. The molecule has 0 unspecified atom stereocenters. The van der Waals surface area contributed by atoms with Gasteiger partial charge in [0.05, 0.1) is 25.1 Å². The van der Waals surface area contributed by atoms with Gasteiger partial charge in [-0.3, -0.25) is 9.10 Å². The summed E-state index contributed by atoms with van der Waals surface area (Å²) in [5.41, 5.74) is 1.66. The van der Waals surface area contributed by atoms with Crippen molar-refractivity contribution in [3.8, 4) is 11.5 Å². The van der Waals surface area contributed by atoms with Gasteiger partial charge in [-0.25, -0.2) is 8.42 Å². The van der Waals surface area contributed by atoms with Crippen molar-refractivity contribution in [1.29, 1.82) is 0 Å². The largest absolute Gasteiger partial charge is 0.494 e. The Morgan fingerprint density at radius 1 is 1.00 bits per heavy atom. The summed E-state index contributed by atoms with van der Waals surface area (Å²) >= 11 is 0. The van der Waals surface area contributed by atoms with Gasteiger partial charge < -0.3 is 14.8 Å². The molecule has 0 aliphatic carbocycles. The molecule has 1 atom stereocenters. The molecular weight excluding hydrogens is 416 g/mol. The van der Waals surface area contributed by atoms with E-state index in [9.17, 15) is 13.2 Å². The SMILES string of the molecule is CCCc1ccc(OCCNC(=O)[C@H](C)N(c2ccc(OCC)cc2)S(C)(=O)=O)cc1. The number of amides is 1. The van der Waals surface area contributed by atoms with E-state index in [1.54, 1.807) is 31.2 Å². The molecule has 0 bridgehead atoms. The molecule has 1 N–H and O–H groups in total. The number of nitrogens with one attached hydrogen (secondary N) is 1. The van der Waals surface area contributed by atoms with Crippen molar-refractivity contribution in [2.45, 2.75) is 39.7 Å². The Labute approximate surface area is 185 Å². The number of carbonyl (C=O) groups excluding carboxylic acids is 1. The zero-order valence-electron chi connectivity index (χ0n) is 18.6. The van der Waals surface area contributed by atoms with Crippen molar-refractivity contribution in [3.05, 3.63) is 54.1 Å². The Kier molecular flexibility index (Phi) is 9.18. The summed E-state index contributed by atoms with van der Waals surface area (Å²) in [6.07, 6.45) is 3.20. The smallest absolute Gasteiger partial charge is 0.243 e. The highest BCUT2D eigenvalue weighted by Gasteiger charge is 2.28. The van der Waals surface area contributed by atoms with E-state index in [0.717, 1.165) is 29.2 Å². The summed E-state index contributed by atoms with van der Waals surface area (Å²) in [7, 11) is -3.67. The molecule has 0 spiro atoms. The highest BCUT2D eigenvalue weighted by molar-refractivity contribution is 7.92. The lowest BCUT2D eigenvalue weighted by atomic mass is 10.1. The average Bonchev–Trinajstić information content (AvgIpc) is 2.73. The molecule has 2 aromatic rings. The number of ether oxygens (including phenoxy) is 2. The van der Waals surface area contributed by atoms with E-state index in [1.807, 2.05) is 31.2 Å². The Morgan fingerprint density at radius 2 is 1.58 bits per heavy atom. The van der Waals surface area contributed by atoms with Gasteiger partial charge in [0.2, 0.25) is 15.9 Å².